The second-order valence-corrected chi connectivity index (χ2v) is 4.49. The summed E-state index contributed by atoms with van der Waals surface area (Å²) in [5.41, 5.74) is 0.875. The molecule has 0 spiro atoms. The second-order valence-electron chi connectivity index (χ2n) is 3.64. The summed E-state index contributed by atoms with van der Waals surface area (Å²) >= 11 is 3.16. The minimum atomic E-state index is -0.548. The Morgan fingerprint density at radius 3 is 2.83 bits per heavy atom. The SMILES string of the molecule is O=C(NCc1cccnc1)c1c(F)cccc1Br. The smallest absolute Gasteiger partial charge is 0.255 e. The third kappa shape index (κ3) is 2.92. The monoisotopic (exact) mass is 308 g/mol. The van der Waals surface area contributed by atoms with Crippen LogP contribution in [-0.2, 0) is 6.54 Å². The molecule has 2 rings (SSSR count). The van der Waals surface area contributed by atoms with Gasteiger partial charge >= 0.3 is 0 Å². The van der Waals surface area contributed by atoms with Crippen molar-refractivity contribution in [3.8, 4) is 0 Å². The van der Waals surface area contributed by atoms with Crippen molar-refractivity contribution in [2.75, 3.05) is 0 Å². The highest BCUT2D eigenvalue weighted by molar-refractivity contribution is 9.10. The van der Waals surface area contributed by atoms with E-state index in [1.165, 1.54) is 12.1 Å². The van der Waals surface area contributed by atoms with E-state index < -0.39 is 11.7 Å². The summed E-state index contributed by atoms with van der Waals surface area (Å²) in [7, 11) is 0. The van der Waals surface area contributed by atoms with Crippen LogP contribution in [0.25, 0.3) is 0 Å². The zero-order chi connectivity index (χ0) is 13.0. The molecule has 1 N–H and O–H groups in total. The Morgan fingerprint density at radius 2 is 2.17 bits per heavy atom. The van der Waals surface area contributed by atoms with E-state index >= 15 is 0 Å². The molecule has 0 saturated carbocycles. The Kier molecular flexibility index (Phi) is 4.04. The van der Waals surface area contributed by atoms with E-state index in [1.807, 2.05) is 6.07 Å². The van der Waals surface area contributed by atoms with E-state index in [-0.39, 0.29) is 5.56 Å². The molecule has 5 heteroatoms. The summed E-state index contributed by atoms with van der Waals surface area (Å²) in [6.45, 7) is 0.313. The van der Waals surface area contributed by atoms with Gasteiger partial charge in [-0.05, 0) is 39.7 Å². The normalized spacial score (nSPS) is 10.1. The minimum absolute atomic E-state index is 0.0152. The molecule has 1 amide bonds. The lowest BCUT2D eigenvalue weighted by Crippen LogP contribution is -2.24. The van der Waals surface area contributed by atoms with Gasteiger partial charge in [0.2, 0.25) is 0 Å². The number of halogens is 2. The Balaban J connectivity index is 2.09. The third-order valence-corrected chi connectivity index (χ3v) is 3.03. The first-order chi connectivity index (χ1) is 8.68. The average molecular weight is 309 g/mol. The fourth-order valence-electron chi connectivity index (χ4n) is 1.49. The first kappa shape index (κ1) is 12.7. The molecule has 0 fully saturated rings. The highest BCUT2D eigenvalue weighted by Crippen LogP contribution is 2.19. The molecule has 1 aromatic carbocycles. The molecule has 0 aliphatic rings. The van der Waals surface area contributed by atoms with Crippen molar-refractivity contribution in [1.29, 1.82) is 0 Å². The van der Waals surface area contributed by atoms with Crippen LogP contribution in [-0.4, -0.2) is 10.9 Å². The molecule has 0 radical (unpaired) electrons. The summed E-state index contributed by atoms with van der Waals surface area (Å²) in [4.78, 5) is 15.8. The van der Waals surface area contributed by atoms with Crippen molar-refractivity contribution in [1.82, 2.24) is 10.3 Å². The number of pyridine rings is 1. The van der Waals surface area contributed by atoms with E-state index in [1.54, 1.807) is 24.5 Å². The van der Waals surface area contributed by atoms with Crippen LogP contribution in [0, 0.1) is 5.82 Å². The molecule has 1 aromatic heterocycles. The van der Waals surface area contributed by atoms with Gasteiger partial charge in [0.25, 0.3) is 5.91 Å². The van der Waals surface area contributed by atoms with E-state index in [0.29, 0.717) is 11.0 Å². The molecular weight excluding hydrogens is 299 g/mol. The van der Waals surface area contributed by atoms with Crippen molar-refractivity contribution < 1.29 is 9.18 Å². The molecule has 3 nitrogen and oxygen atoms in total. The molecule has 0 aliphatic heterocycles. The van der Waals surface area contributed by atoms with Gasteiger partial charge in [-0.3, -0.25) is 9.78 Å². The van der Waals surface area contributed by atoms with Crippen LogP contribution in [0.1, 0.15) is 15.9 Å². The van der Waals surface area contributed by atoms with Gasteiger partial charge in [-0.25, -0.2) is 4.39 Å². The van der Waals surface area contributed by atoms with Crippen LogP contribution < -0.4 is 5.32 Å². The predicted molar refractivity (Wildman–Crippen MR) is 69.5 cm³/mol. The van der Waals surface area contributed by atoms with E-state index in [0.717, 1.165) is 5.56 Å². The Bertz CT molecular complexity index is 540. The van der Waals surface area contributed by atoms with Crippen LogP contribution >= 0.6 is 15.9 Å². The largest absolute Gasteiger partial charge is 0.348 e. The second kappa shape index (κ2) is 5.73. The van der Waals surface area contributed by atoms with Crippen molar-refractivity contribution >= 4 is 21.8 Å². The zero-order valence-electron chi connectivity index (χ0n) is 9.36. The van der Waals surface area contributed by atoms with Gasteiger partial charge in [0.15, 0.2) is 0 Å². The molecule has 0 unspecified atom stereocenters. The lowest BCUT2D eigenvalue weighted by atomic mass is 10.2. The average Bonchev–Trinajstić information content (AvgIpc) is 2.37. The van der Waals surface area contributed by atoms with Gasteiger partial charge in [0, 0.05) is 23.4 Å². The summed E-state index contributed by atoms with van der Waals surface area (Å²) < 4.78 is 14.0. The number of amides is 1. The number of hydrogen-bond acceptors (Lipinski definition) is 2. The lowest BCUT2D eigenvalue weighted by Gasteiger charge is -2.07. The highest BCUT2D eigenvalue weighted by atomic mass is 79.9. The fourth-order valence-corrected chi connectivity index (χ4v) is 2.01. The van der Waals surface area contributed by atoms with E-state index in [4.69, 9.17) is 0 Å². The summed E-state index contributed by atoms with van der Waals surface area (Å²) in [5, 5.41) is 2.65. The predicted octanol–water partition coefficient (Wildman–Crippen LogP) is 2.91. The number of rotatable bonds is 3. The van der Waals surface area contributed by atoms with E-state index in [9.17, 15) is 9.18 Å². The number of carbonyl (C=O) groups is 1. The van der Waals surface area contributed by atoms with Gasteiger partial charge in [-0.15, -0.1) is 0 Å². The van der Waals surface area contributed by atoms with Gasteiger partial charge in [0.05, 0.1) is 5.56 Å². The molecule has 0 bridgehead atoms. The molecule has 92 valence electrons. The first-order valence-electron chi connectivity index (χ1n) is 5.29. The molecule has 18 heavy (non-hydrogen) atoms. The number of benzene rings is 1. The van der Waals surface area contributed by atoms with Crippen molar-refractivity contribution in [2.24, 2.45) is 0 Å². The quantitative estimate of drug-likeness (QED) is 0.947. The first-order valence-corrected chi connectivity index (χ1v) is 6.09. The van der Waals surface area contributed by atoms with Gasteiger partial charge in [0.1, 0.15) is 5.82 Å². The number of aromatic nitrogens is 1. The lowest BCUT2D eigenvalue weighted by molar-refractivity contribution is 0.0946. The molecular formula is C13H10BrFN2O. The number of nitrogens with one attached hydrogen (secondary N) is 1. The maximum Gasteiger partial charge on any atom is 0.255 e. The van der Waals surface area contributed by atoms with Crippen molar-refractivity contribution in [2.45, 2.75) is 6.54 Å². The number of carbonyl (C=O) groups excluding carboxylic acids is 1. The van der Waals surface area contributed by atoms with Crippen LogP contribution in [0.5, 0.6) is 0 Å². The topological polar surface area (TPSA) is 42.0 Å². The summed E-state index contributed by atoms with van der Waals surface area (Å²) in [6.07, 6.45) is 3.30. The standard InChI is InChI=1S/C13H10BrFN2O/c14-10-4-1-5-11(15)12(10)13(18)17-8-9-3-2-6-16-7-9/h1-7H,8H2,(H,17,18). The van der Waals surface area contributed by atoms with Crippen LogP contribution in [0.15, 0.2) is 47.2 Å². The molecule has 0 atom stereocenters. The van der Waals surface area contributed by atoms with Crippen LogP contribution in [0.3, 0.4) is 0 Å². The van der Waals surface area contributed by atoms with Crippen LogP contribution in [0.4, 0.5) is 4.39 Å². The Hall–Kier alpha value is -1.75. The van der Waals surface area contributed by atoms with Gasteiger partial charge in [-0.1, -0.05) is 12.1 Å². The molecule has 0 aliphatic carbocycles. The van der Waals surface area contributed by atoms with Crippen molar-refractivity contribution in [3.05, 3.63) is 64.1 Å². The zero-order valence-corrected chi connectivity index (χ0v) is 10.9. The summed E-state index contributed by atoms with van der Waals surface area (Å²) in [5.74, 6) is -1.00. The fraction of sp³-hybridized carbons (Fsp3) is 0.0769. The molecule has 1 heterocycles. The van der Waals surface area contributed by atoms with E-state index in [2.05, 4.69) is 26.2 Å². The minimum Gasteiger partial charge on any atom is -0.348 e. The number of hydrogen-bond donors (Lipinski definition) is 1. The highest BCUT2D eigenvalue weighted by Gasteiger charge is 2.14. The number of nitrogens with zero attached hydrogens (tertiary/aromatic N) is 1. The van der Waals surface area contributed by atoms with Crippen molar-refractivity contribution in [3.63, 3.8) is 0 Å². The maximum atomic E-state index is 13.5. The Labute approximate surface area is 112 Å². The molecule has 2 aromatic rings. The van der Waals surface area contributed by atoms with Gasteiger partial charge in [-0.2, -0.15) is 0 Å². The summed E-state index contributed by atoms with van der Waals surface area (Å²) in [6, 6.07) is 8.04. The third-order valence-electron chi connectivity index (χ3n) is 2.37. The Morgan fingerprint density at radius 1 is 1.33 bits per heavy atom. The van der Waals surface area contributed by atoms with Crippen LogP contribution in [0.2, 0.25) is 0 Å². The molecule has 0 saturated heterocycles. The maximum absolute atomic E-state index is 13.5. The van der Waals surface area contributed by atoms with Gasteiger partial charge < -0.3 is 5.32 Å².